The lowest BCUT2D eigenvalue weighted by atomic mass is 10.1. The first kappa shape index (κ1) is 28.9. The summed E-state index contributed by atoms with van der Waals surface area (Å²) in [5.74, 6) is -0.571. The lowest BCUT2D eigenvalue weighted by Crippen LogP contribution is -2.48. The fourth-order valence-electron chi connectivity index (χ4n) is 3.55. The maximum atomic E-state index is 13.3. The number of hydrogen-bond donors (Lipinski definition) is 1. The Morgan fingerprint density at radius 3 is 2.20 bits per heavy atom. The van der Waals surface area contributed by atoms with Crippen LogP contribution >= 0.6 is 23.2 Å². The van der Waals surface area contributed by atoms with Crippen LogP contribution in [0.25, 0.3) is 0 Å². The van der Waals surface area contributed by atoms with Crippen molar-refractivity contribution in [3.63, 3.8) is 0 Å². The lowest BCUT2D eigenvalue weighted by molar-refractivity contribution is -0.140. The third-order valence-corrected chi connectivity index (χ3v) is 7.48. The van der Waals surface area contributed by atoms with Crippen LogP contribution in [0.15, 0.2) is 42.5 Å². The molecule has 0 aliphatic rings. The van der Waals surface area contributed by atoms with Gasteiger partial charge >= 0.3 is 0 Å². The topological polar surface area (TPSA) is 86.8 Å². The number of nitrogens with one attached hydrogen (secondary N) is 1. The number of benzene rings is 2. The zero-order chi connectivity index (χ0) is 26.2. The Bertz CT molecular complexity index is 1100. The van der Waals surface area contributed by atoms with Gasteiger partial charge in [-0.25, -0.2) is 8.42 Å². The van der Waals surface area contributed by atoms with E-state index in [0.717, 1.165) is 18.2 Å². The van der Waals surface area contributed by atoms with E-state index in [4.69, 9.17) is 23.2 Å². The molecule has 2 aromatic rings. The highest BCUT2D eigenvalue weighted by molar-refractivity contribution is 7.92. The quantitative estimate of drug-likeness (QED) is 0.418. The van der Waals surface area contributed by atoms with Gasteiger partial charge in [0, 0.05) is 41.7 Å². The van der Waals surface area contributed by atoms with Gasteiger partial charge in [-0.2, -0.15) is 0 Å². The number of rotatable bonds is 12. The summed E-state index contributed by atoms with van der Waals surface area (Å²) >= 11 is 12.6. The summed E-state index contributed by atoms with van der Waals surface area (Å²) in [7, 11) is -3.54. The molecule has 0 unspecified atom stereocenters. The predicted octanol–water partition coefficient (Wildman–Crippen LogP) is 4.79. The summed E-state index contributed by atoms with van der Waals surface area (Å²) < 4.78 is 26.1. The molecule has 0 fully saturated rings. The van der Waals surface area contributed by atoms with Crippen LogP contribution in [0.4, 0.5) is 5.69 Å². The number of anilines is 1. The third kappa shape index (κ3) is 8.40. The van der Waals surface area contributed by atoms with Crippen LogP contribution in [0.1, 0.15) is 44.2 Å². The smallest absolute Gasteiger partial charge is 0.242 e. The van der Waals surface area contributed by atoms with E-state index in [9.17, 15) is 18.0 Å². The number of halogens is 2. The molecule has 0 radical (unpaired) electrons. The second-order valence-electron chi connectivity index (χ2n) is 8.46. The van der Waals surface area contributed by atoms with Gasteiger partial charge in [-0.1, -0.05) is 53.9 Å². The van der Waals surface area contributed by atoms with Crippen LogP contribution in [0.3, 0.4) is 0 Å². The van der Waals surface area contributed by atoms with Gasteiger partial charge < -0.3 is 10.2 Å². The van der Waals surface area contributed by atoms with Gasteiger partial charge in [0.25, 0.3) is 0 Å². The fraction of sp³-hybridized carbons (Fsp3) is 0.440. The van der Waals surface area contributed by atoms with E-state index in [0.29, 0.717) is 27.8 Å². The molecule has 0 heterocycles. The Balaban J connectivity index is 2.20. The number of carbonyl (C=O) groups excluding carboxylic acids is 2. The highest BCUT2D eigenvalue weighted by atomic mass is 35.5. The van der Waals surface area contributed by atoms with Gasteiger partial charge in [0.15, 0.2) is 0 Å². The second kappa shape index (κ2) is 13.1. The van der Waals surface area contributed by atoms with Crippen molar-refractivity contribution >= 4 is 50.7 Å². The lowest BCUT2D eigenvalue weighted by Gasteiger charge is -2.30. The Morgan fingerprint density at radius 1 is 1.06 bits per heavy atom. The normalized spacial score (nSPS) is 12.2. The van der Waals surface area contributed by atoms with E-state index < -0.39 is 16.1 Å². The number of hydrogen-bond acceptors (Lipinski definition) is 4. The van der Waals surface area contributed by atoms with Crippen molar-refractivity contribution in [3.05, 3.63) is 63.6 Å². The number of sulfonamides is 1. The molecule has 2 amide bonds. The molecule has 35 heavy (non-hydrogen) atoms. The van der Waals surface area contributed by atoms with Crippen LogP contribution < -0.4 is 9.62 Å². The van der Waals surface area contributed by atoms with Crippen LogP contribution in [0, 0.1) is 6.92 Å². The van der Waals surface area contributed by atoms with E-state index in [-0.39, 0.29) is 37.7 Å². The molecule has 2 rings (SSSR count). The highest BCUT2D eigenvalue weighted by Crippen LogP contribution is 2.27. The van der Waals surface area contributed by atoms with Gasteiger partial charge in [0.2, 0.25) is 21.8 Å². The molecule has 0 aliphatic carbocycles. The summed E-state index contributed by atoms with van der Waals surface area (Å²) in [4.78, 5) is 27.4. The van der Waals surface area contributed by atoms with E-state index in [2.05, 4.69) is 5.32 Å². The zero-order valence-electron chi connectivity index (χ0n) is 20.6. The predicted molar refractivity (Wildman–Crippen MR) is 142 cm³/mol. The third-order valence-electron chi connectivity index (χ3n) is 5.58. The second-order valence-corrected chi connectivity index (χ2v) is 11.2. The first-order chi connectivity index (χ1) is 16.5. The maximum Gasteiger partial charge on any atom is 0.242 e. The SMILES string of the molecule is CCCNC(=O)[C@@H](C)N(Cc1c(Cl)cccc1Cl)C(=O)CCCN(c1ccc(C)cc1)S(C)(=O)=O. The average Bonchev–Trinajstić information content (AvgIpc) is 2.79. The monoisotopic (exact) mass is 541 g/mol. The van der Waals surface area contributed by atoms with Crippen molar-refractivity contribution in [2.24, 2.45) is 0 Å². The molecule has 0 bridgehead atoms. The average molecular weight is 543 g/mol. The van der Waals surface area contributed by atoms with E-state index in [1.807, 2.05) is 26.0 Å². The van der Waals surface area contributed by atoms with Crippen molar-refractivity contribution in [1.82, 2.24) is 10.2 Å². The minimum Gasteiger partial charge on any atom is -0.354 e. The summed E-state index contributed by atoms with van der Waals surface area (Å²) in [6.07, 6.45) is 2.23. The van der Waals surface area contributed by atoms with Crippen LogP contribution in [-0.2, 0) is 26.2 Å². The first-order valence-electron chi connectivity index (χ1n) is 11.5. The van der Waals surface area contributed by atoms with Crippen molar-refractivity contribution in [1.29, 1.82) is 0 Å². The molecule has 0 spiro atoms. The molecule has 0 saturated carbocycles. The molecule has 0 aliphatic heterocycles. The Hall–Kier alpha value is -2.29. The molecular weight excluding hydrogens is 509 g/mol. The first-order valence-corrected chi connectivity index (χ1v) is 14.1. The summed E-state index contributed by atoms with van der Waals surface area (Å²) in [5.41, 5.74) is 2.11. The highest BCUT2D eigenvalue weighted by Gasteiger charge is 2.27. The standard InChI is InChI=1S/C25H33Cl2N3O4S/c1-5-15-28-25(32)19(3)29(17-21-22(26)8-6-9-23(21)27)24(31)10-7-16-30(35(4,33)34)20-13-11-18(2)12-14-20/h6,8-9,11-14,19H,5,7,10,15-17H2,1-4H3,(H,28,32)/t19-/m1/s1. The summed E-state index contributed by atoms with van der Waals surface area (Å²) in [6, 6.07) is 11.5. The number of amides is 2. The van der Waals surface area contributed by atoms with Crippen LogP contribution in [-0.4, -0.2) is 50.5 Å². The Morgan fingerprint density at radius 2 is 1.66 bits per heavy atom. The molecule has 10 heteroatoms. The number of nitrogens with zero attached hydrogens (tertiary/aromatic N) is 2. The number of aryl methyl sites for hydroxylation is 1. The van der Waals surface area contributed by atoms with Crippen LogP contribution in [0.2, 0.25) is 10.0 Å². The van der Waals surface area contributed by atoms with E-state index in [1.54, 1.807) is 37.3 Å². The van der Waals surface area contributed by atoms with Gasteiger partial charge in [-0.15, -0.1) is 0 Å². The zero-order valence-corrected chi connectivity index (χ0v) is 22.9. The maximum absolute atomic E-state index is 13.3. The van der Waals surface area contributed by atoms with Gasteiger partial charge in [-0.3, -0.25) is 13.9 Å². The molecule has 2 aromatic carbocycles. The minimum atomic E-state index is -3.54. The van der Waals surface area contributed by atoms with Crippen LogP contribution in [0.5, 0.6) is 0 Å². The van der Waals surface area contributed by atoms with Gasteiger partial charge in [0.1, 0.15) is 6.04 Å². The van der Waals surface area contributed by atoms with Crippen molar-refractivity contribution in [2.75, 3.05) is 23.7 Å². The molecule has 1 N–H and O–H groups in total. The summed E-state index contributed by atoms with van der Waals surface area (Å²) in [6.45, 7) is 6.21. The van der Waals surface area contributed by atoms with Gasteiger partial charge in [0.05, 0.1) is 11.9 Å². The van der Waals surface area contributed by atoms with Crippen molar-refractivity contribution in [2.45, 2.75) is 52.6 Å². The largest absolute Gasteiger partial charge is 0.354 e. The molecule has 1 atom stereocenters. The van der Waals surface area contributed by atoms with Gasteiger partial charge in [-0.05, 0) is 51.0 Å². The molecule has 0 aromatic heterocycles. The van der Waals surface area contributed by atoms with Crippen molar-refractivity contribution < 1.29 is 18.0 Å². The van der Waals surface area contributed by atoms with E-state index >= 15 is 0 Å². The van der Waals surface area contributed by atoms with Crippen molar-refractivity contribution in [3.8, 4) is 0 Å². The number of carbonyl (C=O) groups is 2. The molecular formula is C25H33Cl2N3O4S. The molecule has 192 valence electrons. The Labute approximate surface area is 218 Å². The van der Waals surface area contributed by atoms with E-state index in [1.165, 1.54) is 9.21 Å². The molecule has 0 saturated heterocycles. The summed E-state index contributed by atoms with van der Waals surface area (Å²) in [5, 5.41) is 3.62. The molecule has 7 nitrogen and oxygen atoms in total. The minimum absolute atomic E-state index is 0.0470. The fourth-order valence-corrected chi connectivity index (χ4v) is 5.03. The Kier molecular flexibility index (Phi) is 10.9.